The third kappa shape index (κ3) is 4.64. The largest absolute Gasteiger partial charge is 0.357 e. The molecule has 11 heteroatoms. The normalized spacial score (nSPS) is 15.7. The summed E-state index contributed by atoms with van der Waals surface area (Å²) < 4.78 is 31.6. The van der Waals surface area contributed by atoms with E-state index in [-0.39, 0.29) is 51.8 Å². The predicted molar refractivity (Wildman–Crippen MR) is 144 cm³/mol. The highest BCUT2D eigenvalue weighted by Crippen LogP contribution is 2.32. The molecule has 4 heterocycles. The van der Waals surface area contributed by atoms with Crippen LogP contribution in [0.25, 0.3) is 28.1 Å². The lowest BCUT2D eigenvalue weighted by atomic mass is 10.1. The van der Waals surface area contributed by atoms with Gasteiger partial charge in [0.05, 0.1) is 11.1 Å². The summed E-state index contributed by atoms with van der Waals surface area (Å²) >= 11 is 0. The Bertz CT molecular complexity index is 1650. The van der Waals surface area contributed by atoms with Crippen LogP contribution in [0.1, 0.15) is 32.4 Å². The topological polar surface area (TPSA) is 97.1 Å². The van der Waals surface area contributed by atoms with Crippen LogP contribution >= 0.6 is 0 Å². The van der Waals surface area contributed by atoms with Gasteiger partial charge in [-0.2, -0.15) is 4.98 Å². The van der Waals surface area contributed by atoms with Gasteiger partial charge in [-0.3, -0.25) is 9.78 Å². The lowest BCUT2D eigenvalue weighted by molar-refractivity contribution is -0.126. The molecule has 1 amide bonds. The first-order valence-electron chi connectivity index (χ1n) is 12.6. The number of fused-ring (bicyclic) bond motifs is 1. The number of pyridine rings is 1. The van der Waals surface area contributed by atoms with Gasteiger partial charge < -0.3 is 9.80 Å². The molecule has 200 valence electrons. The molecule has 0 radical (unpaired) electrons. The molecule has 1 atom stereocenters. The molecule has 5 rings (SSSR count). The number of hydrogen-bond acceptors (Lipinski definition) is 7. The number of piperazine rings is 1. The minimum atomic E-state index is -0.766. The van der Waals surface area contributed by atoms with E-state index in [0.29, 0.717) is 25.3 Å². The highest BCUT2D eigenvalue weighted by molar-refractivity contribution is 5.91. The third-order valence-electron chi connectivity index (χ3n) is 6.78. The fourth-order valence-corrected chi connectivity index (χ4v) is 4.88. The molecule has 1 saturated heterocycles. The molecule has 0 spiro atoms. The first kappa shape index (κ1) is 26.1. The van der Waals surface area contributed by atoms with E-state index in [4.69, 9.17) is 0 Å². The molecule has 1 aliphatic rings. The highest BCUT2D eigenvalue weighted by atomic mass is 19.1. The van der Waals surface area contributed by atoms with Gasteiger partial charge in [0.1, 0.15) is 23.1 Å². The second-order valence-electron chi connectivity index (χ2n) is 9.67. The van der Waals surface area contributed by atoms with Gasteiger partial charge in [0.25, 0.3) is 0 Å². The van der Waals surface area contributed by atoms with Crippen LogP contribution in [-0.4, -0.2) is 61.0 Å². The number of aromatic nitrogens is 5. The lowest BCUT2D eigenvalue weighted by Gasteiger charge is -2.40. The quantitative estimate of drug-likeness (QED) is 0.361. The molecule has 3 aromatic heterocycles. The van der Waals surface area contributed by atoms with Crippen molar-refractivity contribution in [2.45, 2.75) is 32.7 Å². The van der Waals surface area contributed by atoms with E-state index >= 15 is 4.39 Å². The summed E-state index contributed by atoms with van der Waals surface area (Å²) in [5, 5.41) is 0.253. The summed E-state index contributed by atoms with van der Waals surface area (Å²) in [6.45, 7) is 10.3. The number of carbonyl (C=O) groups excluding carboxylic acids is 1. The van der Waals surface area contributed by atoms with Crippen LogP contribution in [0.3, 0.4) is 0 Å². The van der Waals surface area contributed by atoms with E-state index in [1.165, 1.54) is 47.3 Å². The summed E-state index contributed by atoms with van der Waals surface area (Å²) in [6, 6.07) is 6.71. The Labute approximate surface area is 223 Å². The fourth-order valence-electron chi connectivity index (χ4n) is 4.88. The summed E-state index contributed by atoms with van der Waals surface area (Å²) in [5.74, 6) is -1.26. The van der Waals surface area contributed by atoms with Gasteiger partial charge in [-0.15, -0.1) is 0 Å². The molecule has 4 aromatic rings. The van der Waals surface area contributed by atoms with Crippen LogP contribution in [-0.2, 0) is 4.79 Å². The van der Waals surface area contributed by atoms with Crippen LogP contribution in [0.4, 0.5) is 14.6 Å². The Balaban J connectivity index is 1.78. The predicted octanol–water partition coefficient (Wildman–Crippen LogP) is 3.86. The van der Waals surface area contributed by atoms with E-state index in [0.717, 1.165) is 0 Å². The molecule has 1 fully saturated rings. The Morgan fingerprint density at radius 2 is 1.82 bits per heavy atom. The zero-order chi connectivity index (χ0) is 27.8. The molecule has 1 aliphatic heterocycles. The fraction of sp³-hybridized carbons (Fsp3) is 0.286. The maximum atomic E-state index is 15.6. The molecule has 1 aromatic carbocycles. The number of halogens is 2. The van der Waals surface area contributed by atoms with Crippen molar-refractivity contribution in [1.82, 2.24) is 29.4 Å². The minimum Gasteiger partial charge on any atom is -0.350 e. The van der Waals surface area contributed by atoms with Gasteiger partial charge in [0.15, 0.2) is 11.5 Å². The maximum absolute atomic E-state index is 15.6. The van der Waals surface area contributed by atoms with E-state index in [1.54, 1.807) is 11.0 Å². The zero-order valence-corrected chi connectivity index (χ0v) is 21.8. The summed E-state index contributed by atoms with van der Waals surface area (Å²) in [7, 11) is 0. The molecular formula is C28H27F2N7O2. The molecule has 0 aliphatic carbocycles. The molecular weight excluding hydrogens is 504 g/mol. The van der Waals surface area contributed by atoms with Crippen LogP contribution in [0, 0.1) is 11.6 Å². The highest BCUT2D eigenvalue weighted by Gasteiger charge is 2.30. The smallest absolute Gasteiger partial charge is 0.350 e. The van der Waals surface area contributed by atoms with Crippen molar-refractivity contribution in [3.63, 3.8) is 0 Å². The van der Waals surface area contributed by atoms with Crippen LogP contribution in [0.5, 0.6) is 0 Å². The maximum Gasteiger partial charge on any atom is 0.357 e. The van der Waals surface area contributed by atoms with Crippen molar-refractivity contribution in [2.24, 2.45) is 0 Å². The number of amides is 1. The Hall–Kier alpha value is -4.54. The number of rotatable bonds is 5. The average molecular weight is 532 g/mol. The van der Waals surface area contributed by atoms with Gasteiger partial charge in [0.2, 0.25) is 5.91 Å². The molecule has 9 nitrogen and oxygen atoms in total. The van der Waals surface area contributed by atoms with Gasteiger partial charge in [0, 0.05) is 43.6 Å². The van der Waals surface area contributed by atoms with Crippen LogP contribution in [0.2, 0.25) is 0 Å². The van der Waals surface area contributed by atoms with Gasteiger partial charge >= 0.3 is 5.69 Å². The van der Waals surface area contributed by atoms with Crippen molar-refractivity contribution >= 4 is 22.8 Å². The molecule has 0 saturated carbocycles. The Kier molecular flexibility index (Phi) is 6.90. The second kappa shape index (κ2) is 10.3. The number of benzene rings is 1. The number of anilines is 1. The van der Waals surface area contributed by atoms with Crippen LogP contribution < -0.4 is 10.6 Å². The van der Waals surface area contributed by atoms with Gasteiger partial charge in [-0.1, -0.05) is 32.6 Å². The molecule has 1 unspecified atom stereocenters. The number of hydrogen-bond donors (Lipinski definition) is 0. The molecule has 0 N–H and O–H groups in total. The summed E-state index contributed by atoms with van der Waals surface area (Å²) in [5.41, 5.74) is -0.365. The van der Waals surface area contributed by atoms with Gasteiger partial charge in [-0.25, -0.2) is 28.1 Å². The van der Waals surface area contributed by atoms with E-state index in [2.05, 4.69) is 26.5 Å². The number of carbonyl (C=O) groups is 1. The summed E-state index contributed by atoms with van der Waals surface area (Å²) in [4.78, 5) is 47.0. The summed E-state index contributed by atoms with van der Waals surface area (Å²) in [6.07, 6.45) is 4.23. The van der Waals surface area contributed by atoms with Crippen molar-refractivity contribution < 1.29 is 13.6 Å². The third-order valence-corrected chi connectivity index (χ3v) is 6.78. The van der Waals surface area contributed by atoms with E-state index < -0.39 is 17.3 Å². The SMILES string of the molecule is C=CC(=O)N1CCN(c2nc(=O)n(-c3nccnc3C(C)C)c3nc(-c4ccccc4F)c(F)cc23)C(C)C1. The van der Waals surface area contributed by atoms with Crippen molar-refractivity contribution in [3.05, 3.63) is 83.2 Å². The molecule has 0 bridgehead atoms. The average Bonchev–Trinajstić information content (AvgIpc) is 2.92. The standard InChI is InChI=1S/C28H27F2N7O2/c1-5-22(38)35-12-13-36(17(4)15-35)25-19-14-21(30)24(18-8-6-7-9-20(18)29)33-26(19)37(28(39)34-25)27-23(16(2)3)31-10-11-32-27/h5-11,14,16-17H,1,12-13,15H2,2-4H3. The van der Waals surface area contributed by atoms with Gasteiger partial charge in [-0.05, 0) is 37.1 Å². The van der Waals surface area contributed by atoms with Crippen molar-refractivity contribution in [1.29, 1.82) is 0 Å². The molecule has 39 heavy (non-hydrogen) atoms. The number of nitrogens with zero attached hydrogens (tertiary/aromatic N) is 7. The van der Waals surface area contributed by atoms with Crippen molar-refractivity contribution in [3.8, 4) is 17.1 Å². The zero-order valence-electron chi connectivity index (χ0n) is 21.8. The minimum absolute atomic E-state index is 0.0394. The van der Waals surface area contributed by atoms with E-state index in [9.17, 15) is 14.0 Å². The Morgan fingerprint density at radius 1 is 1.08 bits per heavy atom. The van der Waals surface area contributed by atoms with E-state index in [1.807, 2.05) is 25.7 Å². The van der Waals surface area contributed by atoms with Crippen molar-refractivity contribution in [2.75, 3.05) is 24.5 Å². The Morgan fingerprint density at radius 3 is 2.51 bits per heavy atom. The van der Waals surface area contributed by atoms with Crippen LogP contribution in [0.15, 0.2) is 60.2 Å². The first-order valence-corrected chi connectivity index (χ1v) is 12.6. The lowest BCUT2D eigenvalue weighted by Crippen LogP contribution is -2.54. The first-order chi connectivity index (χ1) is 18.7. The monoisotopic (exact) mass is 531 g/mol. The second-order valence-corrected chi connectivity index (χ2v) is 9.67.